The first kappa shape index (κ1) is 16.0. The maximum atomic E-state index is 12.4. The molecule has 1 aromatic heterocycles. The third-order valence-electron chi connectivity index (χ3n) is 4.97. The van der Waals surface area contributed by atoms with E-state index in [1.807, 2.05) is 32.0 Å². The zero-order valence-electron chi connectivity index (χ0n) is 14.0. The fourth-order valence-electron chi connectivity index (χ4n) is 3.30. The van der Waals surface area contributed by atoms with Crippen LogP contribution in [-0.4, -0.2) is 21.5 Å². The van der Waals surface area contributed by atoms with Gasteiger partial charge in [0.05, 0.1) is 17.0 Å². The van der Waals surface area contributed by atoms with Crippen molar-refractivity contribution in [2.75, 3.05) is 5.32 Å². The third kappa shape index (κ3) is 3.24. The second-order valence-corrected chi connectivity index (χ2v) is 6.72. The minimum absolute atomic E-state index is 0.0626. The summed E-state index contributed by atoms with van der Waals surface area (Å²) in [5, 5.41) is 3.01. The van der Waals surface area contributed by atoms with E-state index in [1.165, 1.54) is 19.3 Å². The van der Waals surface area contributed by atoms with Crippen LogP contribution in [0, 0.1) is 5.92 Å². The topological polar surface area (TPSA) is 72.9 Å². The highest BCUT2D eigenvalue weighted by Crippen LogP contribution is 2.34. The lowest BCUT2D eigenvalue weighted by atomic mass is 9.95. The summed E-state index contributed by atoms with van der Waals surface area (Å²) in [6.45, 7) is 3.71. The van der Waals surface area contributed by atoms with E-state index in [-0.39, 0.29) is 17.9 Å². The van der Waals surface area contributed by atoms with Crippen molar-refractivity contribution in [3.63, 3.8) is 0 Å². The van der Waals surface area contributed by atoms with Crippen molar-refractivity contribution in [1.82, 2.24) is 9.55 Å². The molecule has 1 aliphatic rings. The molecule has 1 aromatic carbocycles. The highest BCUT2D eigenvalue weighted by molar-refractivity contribution is 5.93. The van der Waals surface area contributed by atoms with Crippen molar-refractivity contribution >= 4 is 22.9 Å². The van der Waals surface area contributed by atoms with Crippen molar-refractivity contribution in [1.29, 1.82) is 0 Å². The van der Waals surface area contributed by atoms with Crippen LogP contribution in [0.2, 0.25) is 0 Å². The van der Waals surface area contributed by atoms with Gasteiger partial charge in [0, 0.05) is 12.1 Å². The first-order valence-corrected chi connectivity index (χ1v) is 8.61. The number of carbonyl (C=O) groups is 1. The van der Waals surface area contributed by atoms with Crippen LogP contribution in [-0.2, 0) is 4.79 Å². The molecule has 0 spiro atoms. The van der Waals surface area contributed by atoms with E-state index in [4.69, 9.17) is 5.73 Å². The number of hydrogen-bond donors (Lipinski definition) is 2. The number of carbonyl (C=O) groups excluding carboxylic acids is 1. The molecule has 2 unspecified atom stereocenters. The lowest BCUT2D eigenvalue weighted by Crippen LogP contribution is -2.35. The maximum Gasteiger partial charge on any atom is 0.231 e. The van der Waals surface area contributed by atoms with Gasteiger partial charge in [-0.3, -0.25) is 10.1 Å². The number of amides is 1. The Morgan fingerprint density at radius 1 is 1.26 bits per heavy atom. The van der Waals surface area contributed by atoms with Crippen LogP contribution < -0.4 is 11.1 Å². The second kappa shape index (κ2) is 6.71. The number of benzene rings is 1. The van der Waals surface area contributed by atoms with E-state index < -0.39 is 0 Å². The van der Waals surface area contributed by atoms with Crippen LogP contribution in [0.5, 0.6) is 0 Å². The Morgan fingerprint density at radius 3 is 2.65 bits per heavy atom. The number of hydrogen-bond acceptors (Lipinski definition) is 3. The van der Waals surface area contributed by atoms with Gasteiger partial charge in [0.1, 0.15) is 0 Å². The van der Waals surface area contributed by atoms with Gasteiger partial charge in [0.2, 0.25) is 11.9 Å². The van der Waals surface area contributed by atoms with Gasteiger partial charge in [0.25, 0.3) is 0 Å². The van der Waals surface area contributed by atoms with E-state index in [2.05, 4.69) is 20.9 Å². The number of aromatic nitrogens is 2. The molecule has 1 amide bonds. The molecule has 23 heavy (non-hydrogen) atoms. The number of nitrogens with one attached hydrogen (secondary N) is 1. The quantitative estimate of drug-likeness (QED) is 0.907. The molecule has 3 rings (SSSR count). The monoisotopic (exact) mass is 314 g/mol. The van der Waals surface area contributed by atoms with E-state index in [1.54, 1.807) is 0 Å². The predicted octanol–water partition coefficient (Wildman–Crippen LogP) is 3.46. The summed E-state index contributed by atoms with van der Waals surface area (Å²) in [6, 6.07) is 8.33. The molecule has 0 bridgehead atoms. The van der Waals surface area contributed by atoms with Crippen LogP contribution in [0.3, 0.4) is 0 Å². The van der Waals surface area contributed by atoms with Gasteiger partial charge >= 0.3 is 0 Å². The van der Waals surface area contributed by atoms with Crippen molar-refractivity contribution in [2.24, 2.45) is 11.7 Å². The average molecular weight is 314 g/mol. The molecule has 1 saturated carbocycles. The Morgan fingerprint density at radius 2 is 1.96 bits per heavy atom. The van der Waals surface area contributed by atoms with Gasteiger partial charge in [-0.2, -0.15) is 0 Å². The normalized spacial score (nSPS) is 18.7. The second-order valence-electron chi connectivity index (χ2n) is 6.72. The van der Waals surface area contributed by atoms with E-state index in [9.17, 15) is 4.79 Å². The third-order valence-corrected chi connectivity index (χ3v) is 4.97. The molecule has 1 fully saturated rings. The molecule has 1 aliphatic carbocycles. The molecule has 0 aliphatic heterocycles. The number of anilines is 1. The van der Waals surface area contributed by atoms with Crippen molar-refractivity contribution < 1.29 is 4.79 Å². The molecule has 2 aromatic rings. The lowest BCUT2D eigenvalue weighted by molar-refractivity contribution is -0.119. The summed E-state index contributed by atoms with van der Waals surface area (Å²) in [6.07, 6.45) is 6.06. The zero-order valence-corrected chi connectivity index (χ0v) is 14.0. The first-order chi connectivity index (χ1) is 11.1. The van der Waals surface area contributed by atoms with Gasteiger partial charge < -0.3 is 10.3 Å². The Kier molecular flexibility index (Phi) is 4.66. The number of nitrogens with two attached hydrogens (primary N) is 1. The molecule has 3 N–H and O–H groups in total. The minimum Gasteiger partial charge on any atom is -0.327 e. The highest BCUT2D eigenvalue weighted by atomic mass is 16.2. The highest BCUT2D eigenvalue weighted by Gasteiger charge is 2.24. The van der Waals surface area contributed by atoms with Crippen LogP contribution in [0.1, 0.15) is 52.0 Å². The van der Waals surface area contributed by atoms with E-state index >= 15 is 0 Å². The standard InChI is InChI=1S/C18H26N4O/c1-12(13(2)19)17(23)21-18-20-15-10-6-7-11-16(15)22(18)14-8-4-3-5-9-14/h6-7,10-14H,3-5,8-9,19H2,1-2H3,(H,20,21,23). The summed E-state index contributed by atoms with van der Waals surface area (Å²) < 4.78 is 2.22. The van der Waals surface area contributed by atoms with Gasteiger partial charge in [-0.15, -0.1) is 0 Å². The van der Waals surface area contributed by atoms with Gasteiger partial charge in [-0.05, 0) is 31.9 Å². The number of fused-ring (bicyclic) bond motifs is 1. The van der Waals surface area contributed by atoms with Crippen molar-refractivity contribution in [3.05, 3.63) is 24.3 Å². The summed E-state index contributed by atoms with van der Waals surface area (Å²) in [4.78, 5) is 17.1. The predicted molar refractivity (Wildman–Crippen MR) is 93.3 cm³/mol. The fraction of sp³-hybridized carbons (Fsp3) is 0.556. The summed E-state index contributed by atoms with van der Waals surface area (Å²) in [5.41, 5.74) is 7.89. The fourth-order valence-corrected chi connectivity index (χ4v) is 3.30. The van der Waals surface area contributed by atoms with E-state index in [0.717, 1.165) is 23.9 Å². The molecule has 5 heteroatoms. The number of imidazole rings is 1. The maximum absolute atomic E-state index is 12.4. The number of para-hydroxylation sites is 2. The molecular weight excluding hydrogens is 288 g/mol. The lowest BCUT2D eigenvalue weighted by Gasteiger charge is -2.26. The molecule has 5 nitrogen and oxygen atoms in total. The van der Waals surface area contributed by atoms with Crippen LogP contribution in [0.25, 0.3) is 11.0 Å². The van der Waals surface area contributed by atoms with Gasteiger partial charge in [0.15, 0.2) is 0 Å². The number of nitrogens with zero attached hydrogens (tertiary/aromatic N) is 2. The zero-order chi connectivity index (χ0) is 16.4. The molecule has 0 radical (unpaired) electrons. The molecule has 0 saturated heterocycles. The Hall–Kier alpha value is -1.88. The summed E-state index contributed by atoms with van der Waals surface area (Å²) in [5.74, 6) is 0.359. The molecule has 124 valence electrons. The molecule has 1 heterocycles. The van der Waals surface area contributed by atoms with Crippen LogP contribution >= 0.6 is 0 Å². The van der Waals surface area contributed by atoms with Crippen LogP contribution in [0.15, 0.2) is 24.3 Å². The minimum atomic E-state index is -0.241. The van der Waals surface area contributed by atoms with Crippen molar-refractivity contribution in [2.45, 2.75) is 58.0 Å². The molecule has 2 atom stereocenters. The first-order valence-electron chi connectivity index (χ1n) is 8.61. The Balaban J connectivity index is 1.96. The van der Waals surface area contributed by atoms with Gasteiger partial charge in [-0.25, -0.2) is 4.98 Å². The Bertz CT molecular complexity index is 685. The van der Waals surface area contributed by atoms with E-state index in [0.29, 0.717) is 12.0 Å². The summed E-state index contributed by atoms with van der Waals surface area (Å²) >= 11 is 0. The summed E-state index contributed by atoms with van der Waals surface area (Å²) in [7, 11) is 0. The SMILES string of the molecule is CC(N)C(C)C(=O)Nc1nc2ccccc2n1C1CCCCC1. The van der Waals surface area contributed by atoms with Crippen LogP contribution in [0.4, 0.5) is 5.95 Å². The van der Waals surface area contributed by atoms with Crippen molar-refractivity contribution in [3.8, 4) is 0 Å². The molecular formula is C18H26N4O. The average Bonchev–Trinajstić information content (AvgIpc) is 2.92. The smallest absolute Gasteiger partial charge is 0.231 e. The largest absolute Gasteiger partial charge is 0.327 e. The van der Waals surface area contributed by atoms with Gasteiger partial charge in [-0.1, -0.05) is 38.3 Å². The Labute approximate surface area is 137 Å². The number of rotatable bonds is 4.